The van der Waals surface area contributed by atoms with Crippen molar-refractivity contribution in [1.82, 2.24) is 10.2 Å². The van der Waals surface area contributed by atoms with Gasteiger partial charge in [0, 0.05) is 0 Å². The Morgan fingerprint density at radius 1 is 1.33 bits per heavy atom. The van der Waals surface area contributed by atoms with Crippen molar-refractivity contribution in [2.45, 2.75) is 13.8 Å². The first-order chi connectivity index (χ1) is 8.63. The van der Waals surface area contributed by atoms with E-state index in [4.69, 9.17) is 32.7 Å². The summed E-state index contributed by atoms with van der Waals surface area (Å²) in [5.41, 5.74) is 0.759. The summed E-state index contributed by atoms with van der Waals surface area (Å²) in [6.45, 7) is 4.22. The zero-order valence-electron chi connectivity index (χ0n) is 9.96. The molecule has 0 aliphatic rings. The third-order valence-electron chi connectivity index (χ3n) is 2.27. The van der Waals surface area contributed by atoms with Crippen molar-refractivity contribution in [2.24, 2.45) is 0 Å². The number of nitrogens with one attached hydrogen (secondary N) is 1. The van der Waals surface area contributed by atoms with E-state index in [1.807, 2.05) is 13.8 Å². The normalized spacial score (nSPS) is 10.4. The molecule has 0 fully saturated rings. The number of nitrogens with zero attached hydrogens (tertiary/aromatic N) is 1. The smallest absolute Gasteiger partial charge is 0.276 e. The van der Waals surface area contributed by atoms with Gasteiger partial charge in [-0.05, 0) is 26.0 Å². The zero-order chi connectivity index (χ0) is 13.1. The molecule has 0 radical (unpaired) electrons. The van der Waals surface area contributed by atoms with Crippen LogP contribution in [0.15, 0.2) is 18.2 Å². The molecule has 1 heterocycles. The number of hydrogen-bond donors (Lipinski definition) is 1. The number of aromatic nitrogens is 2. The van der Waals surface area contributed by atoms with Crippen LogP contribution in [0.3, 0.4) is 0 Å². The van der Waals surface area contributed by atoms with E-state index in [0.29, 0.717) is 34.0 Å². The summed E-state index contributed by atoms with van der Waals surface area (Å²) >= 11 is 12.0. The topological polar surface area (TPSA) is 47.1 Å². The third-order valence-corrected chi connectivity index (χ3v) is 3.07. The Kier molecular flexibility index (Phi) is 3.99. The van der Waals surface area contributed by atoms with Crippen molar-refractivity contribution >= 4 is 23.2 Å². The number of aromatic amines is 1. The van der Waals surface area contributed by atoms with Crippen LogP contribution in [0.2, 0.25) is 10.0 Å². The number of hydrogen-bond acceptors (Lipinski definition) is 3. The Labute approximate surface area is 115 Å². The fraction of sp³-hybridized carbons (Fsp3) is 0.250. The molecule has 0 spiro atoms. The van der Waals surface area contributed by atoms with Gasteiger partial charge in [0.25, 0.3) is 5.88 Å². The maximum absolute atomic E-state index is 6.06. The number of halogens is 2. The summed E-state index contributed by atoms with van der Waals surface area (Å²) in [6, 6.07) is 5.19. The van der Waals surface area contributed by atoms with Gasteiger partial charge < -0.3 is 9.47 Å². The van der Waals surface area contributed by atoms with Gasteiger partial charge in [-0.15, -0.1) is 5.10 Å². The van der Waals surface area contributed by atoms with Gasteiger partial charge in [0.05, 0.1) is 17.3 Å². The molecule has 96 valence electrons. The molecule has 6 heteroatoms. The van der Waals surface area contributed by atoms with Crippen molar-refractivity contribution in [2.75, 3.05) is 6.61 Å². The number of ether oxygens (including phenoxy) is 2. The van der Waals surface area contributed by atoms with Crippen LogP contribution in [0.1, 0.15) is 12.6 Å². The van der Waals surface area contributed by atoms with Crippen LogP contribution in [0.5, 0.6) is 17.4 Å². The lowest BCUT2D eigenvalue weighted by Crippen LogP contribution is -1.94. The minimum Gasteiger partial charge on any atom is -0.474 e. The van der Waals surface area contributed by atoms with Crippen LogP contribution < -0.4 is 9.47 Å². The molecule has 0 amide bonds. The molecule has 0 saturated heterocycles. The standard InChI is InChI=1S/C12H12Cl2N2O2/c1-3-17-12-11(7(2)15-16-12)18-9-6-4-5-8(13)10(9)14/h4-6H,3H2,1-2H3,(H,15,16). The first kappa shape index (κ1) is 13.1. The molecular formula is C12H12Cl2N2O2. The summed E-state index contributed by atoms with van der Waals surface area (Å²) in [4.78, 5) is 0. The summed E-state index contributed by atoms with van der Waals surface area (Å²) in [6.07, 6.45) is 0. The molecule has 2 aromatic rings. The molecular weight excluding hydrogens is 275 g/mol. The summed E-state index contributed by atoms with van der Waals surface area (Å²) in [7, 11) is 0. The maximum Gasteiger partial charge on any atom is 0.276 e. The fourth-order valence-corrected chi connectivity index (χ4v) is 1.75. The van der Waals surface area contributed by atoms with E-state index in [2.05, 4.69) is 10.2 Å². The van der Waals surface area contributed by atoms with Gasteiger partial charge in [-0.1, -0.05) is 29.3 Å². The fourth-order valence-electron chi connectivity index (χ4n) is 1.42. The van der Waals surface area contributed by atoms with Gasteiger partial charge in [0.15, 0.2) is 0 Å². The largest absolute Gasteiger partial charge is 0.474 e. The Balaban J connectivity index is 2.33. The van der Waals surface area contributed by atoms with Gasteiger partial charge in [0.2, 0.25) is 5.75 Å². The van der Waals surface area contributed by atoms with E-state index in [9.17, 15) is 0 Å². The van der Waals surface area contributed by atoms with E-state index < -0.39 is 0 Å². The Morgan fingerprint density at radius 3 is 2.83 bits per heavy atom. The second-order valence-electron chi connectivity index (χ2n) is 3.57. The minimum atomic E-state index is 0.363. The second kappa shape index (κ2) is 5.50. The molecule has 0 aliphatic carbocycles. The van der Waals surface area contributed by atoms with E-state index in [0.717, 1.165) is 5.69 Å². The molecule has 0 bridgehead atoms. The molecule has 1 aromatic heterocycles. The van der Waals surface area contributed by atoms with Crippen LogP contribution in [-0.2, 0) is 0 Å². The maximum atomic E-state index is 6.06. The molecule has 0 aliphatic heterocycles. The zero-order valence-corrected chi connectivity index (χ0v) is 11.5. The number of benzene rings is 1. The average Bonchev–Trinajstić information content (AvgIpc) is 2.68. The summed E-state index contributed by atoms with van der Waals surface area (Å²) in [5, 5.41) is 7.61. The second-order valence-corrected chi connectivity index (χ2v) is 4.36. The van der Waals surface area contributed by atoms with Gasteiger partial charge in [-0.2, -0.15) is 0 Å². The minimum absolute atomic E-state index is 0.363. The quantitative estimate of drug-likeness (QED) is 0.916. The average molecular weight is 287 g/mol. The lowest BCUT2D eigenvalue weighted by Gasteiger charge is -2.09. The lowest BCUT2D eigenvalue weighted by molar-refractivity contribution is 0.310. The predicted molar refractivity (Wildman–Crippen MR) is 71.0 cm³/mol. The monoisotopic (exact) mass is 286 g/mol. The van der Waals surface area contributed by atoms with E-state index in [-0.39, 0.29) is 0 Å². The molecule has 0 atom stereocenters. The summed E-state index contributed by atoms with van der Waals surface area (Å²) < 4.78 is 11.1. The number of aryl methyl sites for hydroxylation is 1. The van der Waals surface area contributed by atoms with E-state index in [1.54, 1.807) is 18.2 Å². The van der Waals surface area contributed by atoms with Gasteiger partial charge >= 0.3 is 0 Å². The Morgan fingerprint density at radius 2 is 2.11 bits per heavy atom. The SMILES string of the molecule is CCOc1n[nH]c(C)c1Oc1cccc(Cl)c1Cl. The summed E-state index contributed by atoms with van der Waals surface area (Å²) in [5.74, 6) is 1.39. The number of rotatable bonds is 4. The van der Waals surface area contributed by atoms with Crippen molar-refractivity contribution in [3.8, 4) is 17.4 Å². The first-order valence-corrected chi connectivity index (χ1v) is 6.18. The number of H-pyrrole nitrogens is 1. The van der Waals surface area contributed by atoms with Gasteiger partial charge in [-0.3, -0.25) is 5.10 Å². The van der Waals surface area contributed by atoms with Crippen molar-refractivity contribution in [1.29, 1.82) is 0 Å². The van der Waals surface area contributed by atoms with Crippen molar-refractivity contribution in [3.05, 3.63) is 33.9 Å². The van der Waals surface area contributed by atoms with Crippen LogP contribution in [0.25, 0.3) is 0 Å². The Bertz CT molecular complexity index is 555. The molecule has 0 saturated carbocycles. The molecule has 2 rings (SSSR count). The van der Waals surface area contributed by atoms with Crippen LogP contribution in [0, 0.1) is 6.92 Å². The highest BCUT2D eigenvalue weighted by atomic mass is 35.5. The molecule has 4 nitrogen and oxygen atoms in total. The van der Waals surface area contributed by atoms with Crippen molar-refractivity contribution in [3.63, 3.8) is 0 Å². The van der Waals surface area contributed by atoms with E-state index >= 15 is 0 Å². The molecule has 1 N–H and O–H groups in total. The lowest BCUT2D eigenvalue weighted by atomic mass is 10.3. The van der Waals surface area contributed by atoms with E-state index in [1.165, 1.54) is 0 Å². The van der Waals surface area contributed by atoms with Gasteiger partial charge in [-0.25, -0.2) is 0 Å². The molecule has 1 aromatic carbocycles. The predicted octanol–water partition coefficient (Wildman–Crippen LogP) is 4.22. The van der Waals surface area contributed by atoms with Crippen LogP contribution in [-0.4, -0.2) is 16.8 Å². The Hall–Kier alpha value is -1.39. The highest BCUT2D eigenvalue weighted by Gasteiger charge is 2.16. The molecule has 0 unspecified atom stereocenters. The third kappa shape index (κ3) is 2.54. The molecule has 18 heavy (non-hydrogen) atoms. The highest BCUT2D eigenvalue weighted by molar-refractivity contribution is 6.42. The highest BCUT2D eigenvalue weighted by Crippen LogP contribution is 2.38. The van der Waals surface area contributed by atoms with Gasteiger partial charge in [0.1, 0.15) is 10.8 Å². The van der Waals surface area contributed by atoms with Crippen LogP contribution in [0.4, 0.5) is 0 Å². The van der Waals surface area contributed by atoms with Crippen molar-refractivity contribution < 1.29 is 9.47 Å². The first-order valence-electron chi connectivity index (χ1n) is 5.43. The van der Waals surface area contributed by atoms with Crippen LogP contribution >= 0.6 is 23.2 Å².